The van der Waals surface area contributed by atoms with Crippen LogP contribution < -0.4 is 0 Å². The fourth-order valence-electron chi connectivity index (χ4n) is 3.29. The van der Waals surface area contributed by atoms with E-state index in [0.717, 1.165) is 40.4 Å². The number of nitrogens with zero attached hydrogens (tertiary/aromatic N) is 4. The van der Waals surface area contributed by atoms with Crippen LogP contribution in [0.25, 0.3) is 28.1 Å². The number of fused-ring (bicyclic) bond motifs is 1. The average Bonchev–Trinajstić information content (AvgIpc) is 3.13. The maximum atomic E-state index is 12.2. The summed E-state index contributed by atoms with van der Waals surface area (Å²) in [4.78, 5) is 25.1. The van der Waals surface area contributed by atoms with Crippen LogP contribution in [-0.2, 0) is 28.4 Å². The number of aryl methyl sites for hydroxylation is 1. The molecule has 0 fully saturated rings. The molecule has 0 aliphatic heterocycles. The zero-order valence-electron chi connectivity index (χ0n) is 16.2. The summed E-state index contributed by atoms with van der Waals surface area (Å²) >= 11 is 0. The van der Waals surface area contributed by atoms with Crippen LogP contribution >= 0.6 is 0 Å². The summed E-state index contributed by atoms with van der Waals surface area (Å²) in [7, 11) is -1.16. The number of rotatable bonds is 6. The third-order valence-electron chi connectivity index (χ3n) is 4.84. The molecule has 29 heavy (non-hydrogen) atoms. The molecule has 3 heterocycles. The van der Waals surface area contributed by atoms with E-state index in [4.69, 9.17) is 0 Å². The Balaban J connectivity index is 1.80. The van der Waals surface area contributed by atoms with Crippen molar-refractivity contribution in [2.24, 2.45) is 0 Å². The summed E-state index contributed by atoms with van der Waals surface area (Å²) in [6, 6.07) is 9.73. The number of benzene rings is 1. The molecule has 1 atom stereocenters. The number of hydrogen-bond acceptors (Lipinski definition) is 5. The number of pyridine rings is 1. The summed E-state index contributed by atoms with van der Waals surface area (Å²) in [6.07, 6.45) is 10.9. The van der Waals surface area contributed by atoms with Crippen molar-refractivity contribution >= 4 is 28.0 Å². The van der Waals surface area contributed by atoms with Crippen LogP contribution in [0.1, 0.15) is 18.1 Å². The van der Waals surface area contributed by atoms with Crippen molar-refractivity contribution in [3.8, 4) is 17.2 Å². The molecule has 0 spiro atoms. The maximum absolute atomic E-state index is 12.2. The van der Waals surface area contributed by atoms with E-state index in [-0.39, 0.29) is 0 Å². The molecule has 0 saturated heterocycles. The molecule has 0 radical (unpaired) electrons. The highest BCUT2D eigenvalue weighted by Crippen LogP contribution is 2.27. The van der Waals surface area contributed by atoms with Crippen LogP contribution in [0.4, 0.5) is 0 Å². The van der Waals surface area contributed by atoms with Gasteiger partial charge in [0.1, 0.15) is 6.29 Å². The largest absolute Gasteiger partial charge is 0.303 e. The van der Waals surface area contributed by atoms with Gasteiger partial charge in [0, 0.05) is 48.4 Å². The first-order valence-corrected chi connectivity index (χ1v) is 10.8. The van der Waals surface area contributed by atoms with Gasteiger partial charge in [0.25, 0.3) is 0 Å². The Labute approximate surface area is 171 Å². The standard InChI is InChI=1S/C22H20N4O2S/c1-3-15-6-8-23-19(10-15)17-12-24-22(25-13-17)26-14-21(29(2)28)18-5-4-16(7-9-27)11-20(18)26/h4-6,8-14H,3,7H2,1-2H3. The van der Waals surface area contributed by atoms with Gasteiger partial charge < -0.3 is 4.79 Å². The number of aromatic nitrogens is 4. The Bertz CT molecular complexity index is 1220. The quantitative estimate of drug-likeness (QED) is 0.460. The number of carbonyl (C=O) groups excluding carboxylic acids is 1. The molecule has 0 aliphatic rings. The van der Waals surface area contributed by atoms with Crippen molar-refractivity contribution in [2.45, 2.75) is 24.7 Å². The van der Waals surface area contributed by atoms with Crippen molar-refractivity contribution in [1.82, 2.24) is 19.5 Å². The minimum atomic E-state index is -1.16. The number of aldehydes is 1. The van der Waals surface area contributed by atoms with E-state index in [1.807, 2.05) is 34.9 Å². The molecule has 0 N–H and O–H groups in total. The van der Waals surface area contributed by atoms with Crippen molar-refractivity contribution in [3.63, 3.8) is 0 Å². The Hall–Kier alpha value is -3.19. The highest BCUT2D eigenvalue weighted by molar-refractivity contribution is 7.84. The Morgan fingerprint density at radius 2 is 1.86 bits per heavy atom. The second-order valence-electron chi connectivity index (χ2n) is 6.71. The van der Waals surface area contributed by atoms with Gasteiger partial charge in [-0.05, 0) is 35.7 Å². The number of hydrogen-bond donors (Lipinski definition) is 0. The summed E-state index contributed by atoms with van der Waals surface area (Å²) in [5, 5.41) is 0.866. The minimum Gasteiger partial charge on any atom is -0.303 e. The predicted octanol–water partition coefficient (Wildman–Crippen LogP) is 3.52. The van der Waals surface area contributed by atoms with Gasteiger partial charge >= 0.3 is 0 Å². The van der Waals surface area contributed by atoms with Gasteiger partial charge in [-0.3, -0.25) is 13.8 Å². The van der Waals surface area contributed by atoms with E-state index in [1.165, 1.54) is 5.56 Å². The lowest BCUT2D eigenvalue weighted by molar-refractivity contribution is -0.107. The van der Waals surface area contributed by atoms with Gasteiger partial charge in [0.05, 0.1) is 26.9 Å². The topological polar surface area (TPSA) is 77.7 Å². The lowest BCUT2D eigenvalue weighted by Crippen LogP contribution is -2.00. The second kappa shape index (κ2) is 8.05. The van der Waals surface area contributed by atoms with Crippen LogP contribution in [0, 0.1) is 0 Å². The smallest absolute Gasteiger partial charge is 0.234 e. The zero-order valence-corrected chi connectivity index (χ0v) is 17.0. The fraction of sp³-hybridized carbons (Fsp3) is 0.182. The third-order valence-corrected chi connectivity index (χ3v) is 5.79. The van der Waals surface area contributed by atoms with Crippen LogP contribution in [-0.4, -0.2) is 36.3 Å². The molecule has 1 unspecified atom stereocenters. The van der Waals surface area contributed by atoms with Crippen molar-refractivity contribution in [3.05, 3.63) is 66.2 Å². The fourth-order valence-corrected chi connectivity index (χ4v) is 4.03. The summed E-state index contributed by atoms with van der Waals surface area (Å²) in [5.41, 5.74) is 4.58. The molecule has 0 saturated carbocycles. The molecule has 146 valence electrons. The molecule has 4 rings (SSSR count). The van der Waals surface area contributed by atoms with Crippen molar-refractivity contribution in [1.29, 1.82) is 0 Å². The Morgan fingerprint density at radius 3 is 2.55 bits per heavy atom. The normalized spacial score (nSPS) is 12.2. The summed E-state index contributed by atoms with van der Waals surface area (Å²) in [6.45, 7) is 2.10. The highest BCUT2D eigenvalue weighted by Gasteiger charge is 2.15. The van der Waals surface area contributed by atoms with Crippen LogP contribution in [0.3, 0.4) is 0 Å². The maximum Gasteiger partial charge on any atom is 0.234 e. The second-order valence-corrected chi connectivity index (χ2v) is 8.06. The van der Waals surface area contributed by atoms with E-state index in [0.29, 0.717) is 17.3 Å². The van der Waals surface area contributed by atoms with E-state index in [1.54, 1.807) is 31.0 Å². The van der Waals surface area contributed by atoms with Crippen LogP contribution in [0.2, 0.25) is 0 Å². The van der Waals surface area contributed by atoms with Crippen LogP contribution in [0.5, 0.6) is 0 Å². The van der Waals surface area contributed by atoms with Crippen molar-refractivity contribution < 1.29 is 9.00 Å². The molecular formula is C22H20N4O2S. The van der Waals surface area contributed by atoms with E-state index in [2.05, 4.69) is 21.9 Å². The number of carbonyl (C=O) groups is 1. The van der Waals surface area contributed by atoms with Gasteiger partial charge in [0.2, 0.25) is 5.95 Å². The van der Waals surface area contributed by atoms with Gasteiger partial charge in [0.15, 0.2) is 0 Å². The first-order valence-electron chi connectivity index (χ1n) is 9.29. The molecular weight excluding hydrogens is 384 g/mol. The summed E-state index contributed by atoms with van der Waals surface area (Å²) < 4.78 is 14.0. The van der Waals surface area contributed by atoms with Crippen molar-refractivity contribution in [2.75, 3.05) is 6.26 Å². The van der Waals surface area contributed by atoms with Gasteiger partial charge in [-0.15, -0.1) is 0 Å². The van der Waals surface area contributed by atoms with Gasteiger partial charge in [-0.25, -0.2) is 9.97 Å². The predicted molar refractivity (Wildman–Crippen MR) is 114 cm³/mol. The van der Waals surface area contributed by atoms with E-state index < -0.39 is 10.8 Å². The molecule has 4 aromatic rings. The van der Waals surface area contributed by atoms with E-state index in [9.17, 15) is 9.00 Å². The minimum absolute atomic E-state index is 0.324. The molecule has 6 nitrogen and oxygen atoms in total. The monoisotopic (exact) mass is 404 g/mol. The third kappa shape index (κ3) is 3.73. The molecule has 1 aromatic carbocycles. The zero-order chi connectivity index (χ0) is 20.4. The summed E-state index contributed by atoms with van der Waals surface area (Å²) in [5.74, 6) is 0.477. The molecule has 7 heteroatoms. The molecule has 0 amide bonds. The van der Waals surface area contributed by atoms with E-state index >= 15 is 0 Å². The molecule has 3 aromatic heterocycles. The Kier molecular flexibility index (Phi) is 5.31. The first kappa shape index (κ1) is 19.1. The average molecular weight is 404 g/mol. The van der Waals surface area contributed by atoms with Gasteiger partial charge in [-0.1, -0.05) is 19.1 Å². The SMILES string of the molecule is CCc1ccnc(-c2cnc(-n3cc(S(C)=O)c4ccc(CC=O)cc43)nc2)c1. The highest BCUT2D eigenvalue weighted by atomic mass is 32.2. The molecule has 0 aliphatic carbocycles. The van der Waals surface area contributed by atoms with Crippen LogP contribution in [0.15, 0.2) is 60.0 Å². The lowest BCUT2D eigenvalue weighted by atomic mass is 10.1. The lowest BCUT2D eigenvalue weighted by Gasteiger charge is -2.06. The first-order chi connectivity index (χ1) is 14.1. The Morgan fingerprint density at radius 1 is 1.07 bits per heavy atom. The van der Waals surface area contributed by atoms with Gasteiger partial charge in [-0.2, -0.15) is 0 Å². The molecule has 0 bridgehead atoms.